The van der Waals surface area contributed by atoms with Crippen LogP contribution < -0.4 is 10.6 Å². The molecule has 1 aliphatic rings. The van der Waals surface area contributed by atoms with E-state index in [9.17, 15) is 9.90 Å². The first kappa shape index (κ1) is 16.4. The van der Waals surface area contributed by atoms with E-state index in [1.807, 2.05) is 13.0 Å². The fourth-order valence-corrected chi connectivity index (χ4v) is 2.82. The number of carbonyl (C=O) groups is 1. The van der Waals surface area contributed by atoms with Crippen molar-refractivity contribution in [2.45, 2.75) is 50.8 Å². The average molecular weight is 331 g/mol. The Balaban J connectivity index is 1.85. The zero-order valence-electron chi connectivity index (χ0n) is 11.9. The molecule has 1 aliphatic carbocycles. The molecule has 2 amide bonds. The highest BCUT2D eigenvalue weighted by atomic mass is 35.5. The lowest BCUT2D eigenvalue weighted by Crippen LogP contribution is -2.44. The Labute approximate surface area is 134 Å². The molecule has 1 aromatic rings. The number of rotatable bonds is 3. The molecule has 4 nitrogen and oxygen atoms in total. The molecule has 0 radical (unpaired) electrons. The van der Waals surface area contributed by atoms with Gasteiger partial charge in [0.15, 0.2) is 0 Å². The SMILES string of the molecule is CC(NC(=O)NC1CCC(O)CC1)c1ccc(Cl)c(Cl)c1. The van der Waals surface area contributed by atoms with Gasteiger partial charge in [-0.05, 0) is 50.3 Å². The molecule has 1 unspecified atom stereocenters. The van der Waals surface area contributed by atoms with Crippen molar-refractivity contribution in [3.05, 3.63) is 33.8 Å². The van der Waals surface area contributed by atoms with Crippen molar-refractivity contribution < 1.29 is 9.90 Å². The van der Waals surface area contributed by atoms with E-state index in [0.29, 0.717) is 10.0 Å². The van der Waals surface area contributed by atoms with Gasteiger partial charge in [-0.15, -0.1) is 0 Å². The highest BCUT2D eigenvalue weighted by molar-refractivity contribution is 6.42. The van der Waals surface area contributed by atoms with E-state index >= 15 is 0 Å². The normalized spacial score (nSPS) is 23.4. The Hall–Kier alpha value is -0.970. The lowest BCUT2D eigenvalue weighted by molar-refractivity contribution is 0.117. The number of urea groups is 1. The minimum atomic E-state index is -0.221. The lowest BCUT2D eigenvalue weighted by atomic mass is 9.93. The van der Waals surface area contributed by atoms with Gasteiger partial charge in [0.1, 0.15) is 0 Å². The Morgan fingerprint density at radius 1 is 1.24 bits per heavy atom. The van der Waals surface area contributed by atoms with Crippen molar-refractivity contribution in [3.63, 3.8) is 0 Å². The molecule has 0 saturated heterocycles. The zero-order valence-corrected chi connectivity index (χ0v) is 13.4. The van der Waals surface area contributed by atoms with Gasteiger partial charge in [0.2, 0.25) is 0 Å². The van der Waals surface area contributed by atoms with Crippen LogP contribution in [0.3, 0.4) is 0 Å². The minimum Gasteiger partial charge on any atom is -0.393 e. The number of hydrogen-bond acceptors (Lipinski definition) is 2. The minimum absolute atomic E-state index is 0.134. The second-order valence-corrected chi connectivity index (χ2v) is 6.33. The molecule has 6 heteroatoms. The topological polar surface area (TPSA) is 61.4 Å². The Bertz CT molecular complexity index is 502. The highest BCUT2D eigenvalue weighted by Crippen LogP contribution is 2.25. The summed E-state index contributed by atoms with van der Waals surface area (Å²) in [5, 5.41) is 16.3. The molecule has 116 valence electrons. The Kier molecular flexibility index (Phi) is 5.73. The third kappa shape index (κ3) is 4.77. The predicted molar refractivity (Wildman–Crippen MR) is 84.8 cm³/mol. The number of aliphatic hydroxyl groups excluding tert-OH is 1. The molecule has 2 rings (SSSR count). The molecule has 0 aliphatic heterocycles. The molecular formula is C15H20Cl2N2O2. The summed E-state index contributed by atoms with van der Waals surface area (Å²) in [6.07, 6.45) is 2.90. The summed E-state index contributed by atoms with van der Waals surface area (Å²) in [4.78, 5) is 12.0. The summed E-state index contributed by atoms with van der Waals surface area (Å²) in [7, 11) is 0. The van der Waals surface area contributed by atoms with Crippen LogP contribution in [0.1, 0.15) is 44.2 Å². The molecule has 1 aromatic carbocycles. The van der Waals surface area contributed by atoms with Crippen molar-refractivity contribution in [2.24, 2.45) is 0 Å². The van der Waals surface area contributed by atoms with Crippen LogP contribution >= 0.6 is 23.2 Å². The third-order valence-electron chi connectivity index (χ3n) is 3.82. The van der Waals surface area contributed by atoms with Gasteiger partial charge in [-0.25, -0.2) is 4.79 Å². The fourth-order valence-electron chi connectivity index (χ4n) is 2.51. The van der Waals surface area contributed by atoms with Crippen molar-refractivity contribution >= 4 is 29.2 Å². The van der Waals surface area contributed by atoms with Crippen LogP contribution in [0.5, 0.6) is 0 Å². The van der Waals surface area contributed by atoms with Gasteiger partial charge >= 0.3 is 6.03 Å². The van der Waals surface area contributed by atoms with Crippen LogP contribution in [-0.2, 0) is 0 Å². The van der Waals surface area contributed by atoms with Crippen molar-refractivity contribution in [1.29, 1.82) is 0 Å². The third-order valence-corrected chi connectivity index (χ3v) is 4.56. The van der Waals surface area contributed by atoms with Crippen LogP contribution in [0.4, 0.5) is 4.79 Å². The molecule has 1 atom stereocenters. The van der Waals surface area contributed by atoms with E-state index in [1.54, 1.807) is 12.1 Å². The van der Waals surface area contributed by atoms with Crippen molar-refractivity contribution in [1.82, 2.24) is 10.6 Å². The van der Waals surface area contributed by atoms with Gasteiger partial charge in [-0.3, -0.25) is 0 Å². The quantitative estimate of drug-likeness (QED) is 0.792. The van der Waals surface area contributed by atoms with E-state index in [-0.39, 0.29) is 24.2 Å². The molecule has 1 fully saturated rings. The average Bonchev–Trinajstić information content (AvgIpc) is 2.44. The maximum atomic E-state index is 12.0. The first-order valence-corrected chi connectivity index (χ1v) is 7.91. The lowest BCUT2D eigenvalue weighted by Gasteiger charge is -2.27. The van der Waals surface area contributed by atoms with E-state index in [0.717, 1.165) is 31.2 Å². The number of hydrogen-bond donors (Lipinski definition) is 3. The second kappa shape index (κ2) is 7.34. The predicted octanol–water partition coefficient (Wildman–Crippen LogP) is 3.66. The van der Waals surface area contributed by atoms with Crippen molar-refractivity contribution in [3.8, 4) is 0 Å². The van der Waals surface area contributed by atoms with Gasteiger partial charge < -0.3 is 15.7 Å². The van der Waals surface area contributed by atoms with Gasteiger partial charge in [-0.2, -0.15) is 0 Å². The maximum absolute atomic E-state index is 12.0. The number of carbonyl (C=O) groups excluding carboxylic acids is 1. The van der Waals surface area contributed by atoms with Gasteiger partial charge in [-0.1, -0.05) is 29.3 Å². The van der Waals surface area contributed by atoms with Gasteiger partial charge in [0.25, 0.3) is 0 Å². The molecular weight excluding hydrogens is 311 g/mol. The Morgan fingerprint density at radius 3 is 2.52 bits per heavy atom. The van der Waals surface area contributed by atoms with Crippen LogP contribution in [0.2, 0.25) is 10.0 Å². The van der Waals surface area contributed by atoms with Crippen LogP contribution in [0.15, 0.2) is 18.2 Å². The molecule has 1 saturated carbocycles. The number of amides is 2. The first-order chi connectivity index (χ1) is 9.95. The smallest absolute Gasteiger partial charge is 0.315 e. The summed E-state index contributed by atoms with van der Waals surface area (Å²) >= 11 is 11.9. The van der Waals surface area contributed by atoms with Gasteiger partial charge in [0.05, 0.1) is 22.2 Å². The van der Waals surface area contributed by atoms with Crippen LogP contribution in [0.25, 0.3) is 0 Å². The van der Waals surface area contributed by atoms with E-state index < -0.39 is 0 Å². The molecule has 3 N–H and O–H groups in total. The number of halogens is 2. The fraction of sp³-hybridized carbons (Fsp3) is 0.533. The van der Waals surface area contributed by atoms with Gasteiger partial charge in [0, 0.05) is 6.04 Å². The highest BCUT2D eigenvalue weighted by Gasteiger charge is 2.21. The molecule has 0 bridgehead atoms. The molecule has 0 heterocycles. The van der Waals surface area contributed by atoms with Crippen LogP contribution in [-0.4, -0.2) is 23.3 Å². The summed E-state index contributed by atoms with van der Waals surface area (Å²) in [6, 6.07) is 5.10. The standard InChI is InChI=1S/C15H20Cl2N2O2/c1-9(10-2-7-13(16)14(17)8-10)18-15(21)19-11-3-5-12(20)6-4-11/h2,7-9,11-12,20H,3-6H2,1H3,(H2,18,19,21). The number of aliphatic hydroxyl groups is 1. The first-order valence-electron chi connectivity index (χ1n) is 7.15. The van der Waals surface area contributed by atoms with E-state index in [1.165, 1.54) is 0 Å². The van der Waals surface area contributed by atoms with E-state index in [2.05, 4.69) is 10.6 Å². The van der Waals surface area contributed by atoms with E-state index in [4.69, 9.17) is 23.2 Å². The number of benzene rings is 1. The molecule has 0 spiro atoms. The number of nitrogens with one attached hydrogen (secondary N) is 2. The summed E-state index contributed by atoms with van der Waals surface area (Å²) in [5.74, 6) is 0. The Morgan fingerprint density at radius 2 is 1.90 bits per heavy atom. The summed E-state index contributed by atoms with van der Waals surface area (Å²) in [5.41, 5.74) is 0.901. The van der Waals surface area contributed by atoms with Crippen molar-refractivity contribution in [2.75, 3.05) is 0 Å². The second-order valence-electron chi connectivity index (χ2n) is 5.52. The molecule has 0 aromatic heterocycles. The largest absolute Gasteiger partial charge is 0.393 e. The monoisotopic (exact) mass is 330 g/mol. The zero-order chi connectivity index (χ0) is 15.4. The molecule has 21 heavy (non-hydrogen) atoms. The van der Waals surface area contributed by atoms with Crippen LogP contribution in [0, 0.1) is 0 Å². The maximum Gasteiger partial charge on any atom is 0.315 e. The summed E-state index contributed by atoms with van der Waals surface area (Å²) in [6.45, 7) is 1.89. The summed E-state index contributed by atoms with van der Waals surface area (Å²) < 4.78 is 0.